The summed E-state index contributed by atoms with van der Waals surface area (Å²) in [6.07, 6.45) is 0.0735. The maximum absolute atomic E-state index is 13.5. The topological polar surface area (TPSA) is 72.9 Å². The number of benzene rings is 2. The Hall–Kier alpha value is -3.15. The molecule has 1 heterocycles. The van der Waals surface area contributed by atoms with Crippen LogP contribution in [0.3, 0.4) is 0 Å². The average molecular weight is 424 g/mol. The van der Waals surface area contributed by atoms with E-state index in [1.165, 1.54) is 4.90 Å². The molecule has 1 aliphatic rings. The summed E-state index contributed by atoms with van der Waals surface area (Å²) in [5, 5.41) is 0. The lowest BCUT2D eigenvalue weighted by Gasteiger charge is -2.26. The number of esters is 1. The number of carbonyl (C=O) groups is 3. The highest BCUT2D eigenvalue weighted by Crippen LogP contribution is 2.24. The van der Waals surface area contributed by atoms with Crippen molar-refractivity contribution in [1.82, 2.24) is 4.90 Å². The molecule has 6 heteroatoms. The second-order valence-electron chi connectivity index (χ2n) is 8.81. The van der Waals surface area contributed by atoms with Crippen LogP contribution in [0.1, 0.15) is 38.3 Å². The number of ether oxygens (including phenoxy) is 2. The minimum Gasteiger partial charge on any atom is -0.460 e. The van der Waals surface area contributed by atoms with Gasteiger partial charge in [-0.2, -0.15) is 0 Å². The maximum atomic E-state index is 13.5. The molecule has 0 bridgehead atoms. The van der Waals surface area contributed by atoms with E-state index in [9.17, 15) is 14.4 Å². The Kier molecular flexibility index (Phi) is 7.10. The fraction of sp³-hybridized carbons (Fsp3) is 0.400. The first kappa shape index (κ1) is 22.5. The van der Waals surface area contributed by atoms with E-state index in [0.29, 0.717) is 12.8 Å². The van der Waals surface area contributed by atoms with Crippen molar-refractivity contribution in [2.45, 2.75) is 51.7 Å². The summed E-state index contributed by atoms with van der Waals surface area (Å²) in [5.41, 5.74) is 1.27. The van der Waals surface area contributed by atoms with Crippen molar-refractivity contribution in [1.29, 1.82) is 0 Å². The van der Waals surface area contributed by atoms with Gasteiger partial charge in [-0.3, -0.25) is 9.59 Å². The van der Waals surface area contributed by atoms with E-state index in [1.54, 1.807) is 20.8 Å². The highest BCUT2D eigenvalue weighted by molar-refractivity contribution is 5.96. The van der Waals surface area contributed by atoms with Crippen LogP contribution in [0.25, 0.3) is 0 Å². The van der Waals surface area contributed by atoms with E-state index in [1.807, 2.05) is 60.7 Å². The molecule has 0 spiro atoms. The molecule has 0 aromatic heterocycles. The molecular weight excluding hydrogens is 394 g/mol. The molecule has 2 aromatic carbocycles. The van der Waals surface area contributed by atoms with Gasteiger partial charge in [0.15, 0.2) is 0 Å². The van der Waals surface area contributed by atoms with Gasteiger partial charge in [-0.1, -0.05) is 60.7 Å². The van der Waals surface area contributed by atoms with Gasteiger partial charge in [0.1, 0.15) is 12.2 Å². The first-order valence-electron chi connectivity index (χ1n) is 10.5. The van der Waals surface area contributed by atoms with Crippen molar-refractivity contribution in [3.8, 4) is 0 Å². The molecule has 2 atom stereocenters. The quantitative estimate of drug-likeness (QED) is 0.625. The molecular formula is C25H29NO5. The van der Waals surface area contributed by atoms with Crippen LogP contribution < -0.4 is 0 Å². The molecule has 6 nitrogen and oxygen atoms in total. The van der Waals surface area contributed by atoms with Crippen LogP contribution in [0.15, 0.2) is 60.7 Å². The molecule has 2 aromatic rings. The minimum absolute atomic E-state index is 0.104. The van der Waals surface area contributed by atoms with Crippen molar-refractivity contribution in [3.63, 3.8) is 0 Å². The Bertz CT molecular complexity index is 905. The van der Waals surface area contributed by atoms with Crippen molar-refractivity contribution in [3.05, 3.63) is 71.8 Å². The molecule has 2 amide bonds. The molecule has 0 aliphatic carbocycles. The first-order valence-corrected chi connectivity index (χ1v) is 10.5. The summed E-state index contributed by atoms with van der Waals surface area (Å²) in [7, 11) is 0. The number of imide groups is 1. The van der Waals surface area contributed by atoms with Crippen molar-refractivity contribution in [2.75, 3.05) is 6.61 Å². The summed E-state index contributed by atoms with van der Waals surface area (Å²) in [6, 6.07) is 18.7. The van der Waals surface area contributed by atoms with Gasteiger partial charge < -0.3 is 9.47 Å². The van der Waals surface area contributed by atoms with Gasteiger partial charge in [0.25, 0.3) is 0 Å². The standard InChI is InChI=1S/C25H29NO5/c1-25(2,3)31-22(27)16-20(14-18-10-6-4-7-11-18)23(28)26-21(17-30-24(26)29)15-19-12-8-5-9-13-19/h4-13,20-21H,14-17H2,1-3H3. The fourth-order valence-corrected chi connectivity index (χ4v) is 3.69. The fourth-order valence-electron chi connectivity index (χ4n) is 3.69. The zero-order valence-electron chi connectivity index (χ0n) is 18.2. The van der Waals surface area contributed by atoms with Crippen LogP contribution in [-0.2, 0) is 31.9 Å². The summed E-state index contributed by atoms with van der Waals surface area (Å²) in [5.74, 6) is -1.59. The maximum Gasteiger partial charge on any atom is 0.416 e. The number of nitrogens with zero attached hydrogens (tertiary/aromatic N) is 1. The van der Waals surface area contributed by atoms with Crippen LogP contribution in [0.4, 0.5) is 4.79 Å². The Balaban J connectivity index is 1.80. The minimum atomic E-state index is -0.721. The van der Waals surface area contributed by atoms with E-state index in [2.05, 4.69) is 0 Å². The predicted molar refractivity (Wildman–Crippen MR) is 116 cm³/mol. The van der Waals surface area contributed by atoms with Gasteiger partial charge in [-0.05, 0) is 44.7 Å². The van der Waals surface area contributed by atoms with E-state index in [0.717, 1.165) is 11.1 Å². The molecule has 1 aliphatic heterocycles. The van der Waals surface area contributed by atoms with Crippen LogP contribution in [0.5, 0.6) is 0 Å². The smallest absolute Gasteiger partial charge is 0.416 e. The number of amides is 2. The van der Waals surface area contributed by atoms with Crippen LogP contribution >= 0.6 is 0 Å². The van der Waals surface area contributed by atoms with Crippen LogP contribution in [0, 0.1) is 5.92 Å². The zero-order chi connectivity index (χ0) is 22.4. The molecule has 3 rings (SSSR count). The third-order valence-electron chi connectivity index (χ3n) is 5.02. The van der Waals surface area contributed by atoms with E-state index in [4.69, 9.17) is 9.47 Å². The Morgan fingerprint density at radius 1 is 1.03 bits per heavy atom. The molecule has 31 heavy (non-hydrogen) atoms. The van der Waals surface area contributed by atoms with Gasteiger partial charge in [-0.15, -0.1) is 0 Å². The zero-order valence-corrected chi connectivity index (χ0v) is 18.2. The van der Waals surface area contributed by atoms with E-state index in [-0.39, 0.29) is 13.0 Å². The van der Waals surface area contributed by atoms with Crippen molar-refractivity contribution < 1.29 is 23.9 Å². The predicted octanol–water partition coefficient (Wildman–Crippen LogP) is 4.17. The summed E-state index contributed by atoms with van der Waals surface area (Å²) >= 11 is 0. The monoisotopic (exact) mass is 423 g/mol. The number of rotatable bonds is 7. The van der Waals surface area contributed by atoms with Gasteiger partial charge >= 0.3 is 12.1 Å². The van der Waals surface area contributed by atoms with Gasteiger partial charge in [0.05, 0.1) is 18.4 Å². The largest absolute Gasteiger partial charge is 0.460 e. The SMILES string of the molecule is CC(C)(C)OC(=O)CC(Cc1ccccc1)C(=O)N1C(=O)OCC1Cc1ccccc1. The molecule has 2 unspecified atom stereocenters. The summed E-state index contributed by atoms with van der Waals surface area (Å²) in [6.45, 7) is 5.50. The lowest BCUT2D eigenvalue weighted by atomic mass is 9.93. The van der Waals surface area contributed by atoms with E-state index < -0.39 is 35.5 Å². The summed E-state index contributed by atoms with van der Waals surface area (Å²) in [4.78, 5) is 39.6. The van der Waals surface area contributed by atoms with Crippen molar-refractivity contribution in [2.24, 2.45) is 5.92 Å². The van der Waals surface area contributed by atoms with Crippen LogP contribution in [-0.4, -0.2) is 41.1 Å². The molecule has 0 radical (unpaired) electrons. The Morgan fingerprint density at radius 2 is 1.61 bits per heavy atom. The highest BCUT2D eigenvalue weighted by Gasteiger charge is 2.41. The van der Waals surface area contributed by atoms with Gasteiger partial charge in [0.2, 0.25) is 5.91 Å². The number of hydrogen-bond donors (Lipinski definition) is 0. The number of hydrogen-bond acceptors (Lipinski definition) is 5. The third-order valence-corrected chi connectivity index (χ3v) is 5.02. The number of carbonyl (C=O) groups excluding carboxylic acids is 3. The van der Waals surface area contributed by atoms with Crippen LogP contribution in [0.2, 0.25) is 0 Å². The first-order chi connectivity index (χ1) is 14.7. The lowest BCUT2D eigenvalue weighted by molar-refractivity contribution is -0.158. The van der Waals surface area contributed by atoms with Gasteiger partial charge in [0, 0.05) is 0 Å². The highest BCUT2D eigenvalue weighted by atomic mass is 16.6. The number of cyclic esters (lactones) is 1. The molecule has 1 saturated heterocycles. The Labute approximate surface area is 183 Å². The molecule has 1 fully saturated rings. The molecule has 0 N–H and O–H groups in total. The van der Waals surface area contributed by atoms with Crippen molar-refractivity contribution >= 4 is 18.0 Å². The molecule has 0 saturated carbocycles. The summed E-state index contributed by atoms with van der Waals surface area (Å²) < 4.78 is 10.6. The molecule has 164 valence electrons. The Morgan fingerprint density at radius 3 is 2.19 bits per heavy atom. The van der Waals surface area contributed by atoms with Gasteiger partial charge in [-0.25, -0.2) is 9.69 Å². The normalized spacial score (nSPS) is 17.2. The lowest BCUT2D eigenvalue weighted by Crippen LogP contribution is -2.45. The second kappa shape index (κ2) is 9.77. The second-order valence-corrected chi connectivity index (χ2v) is 8.81. The third kappa shape index (κ3) is 6.41. The van der Waals surface area contributed by atoms with E-state index >= 15 is 0 Å². The average Bonchev–Trinajstić information content (AvgIpc) is 3.07.